The maximum atomic E-state index is 13.2. The van der Waals surface area contributed by atoms with Gasteiger partial charge in [-0.3, -0.25) is 9.48 Å². The average Bonchev–Trinajstić information content (AvgIpc) is 2.74. The second-order valence-corrected chi connectivity index (χ2v) is 6.55. The van der Waals surface area contributed by atoms with E-state index in [4.69, 9.17) is 0 Å². The van der Waals surface area contributed by atoms with Gasteiger partial charge in [0.15, 0.2) is 6.29 Å². The lowest BCUT2D eigenvalue weighted by Crippen LogP contribution is -2.23. The van der Waals surface area contributed by atoms with Crippen molar-refractivity contribution in [3.63, 3.8) is 0 Å². The maximum absolute atomic E-state index is 13.2. The number of rotatable bonds is 2. The van der Waals surface area contributed by atoms with E-state index in [9.17, 15) is 18.0 Å². The Bertz CT molecular complexity index is 715. The minimum Gasteiger partial charge on any atom is -0.298 e. The summed E-state index contributed by atoms with van der Waals surface area (Å²) in [6.07, 6.45) is -4.00. The fourth-order valence-electron chi connectivity index (χ4n) is 2.09. The normalized spacial score (nSPS) is 12.5. The highest BCUT2D eigenvalue weighted by Gasteiger charge is 2.35. The Balaban J connectivity index is 2.77. The molecule has 22 heavy (non-hydrogen) atoms. The zero-order valence-corrected chi connectivity index (χ0v) is 13.8. The summed E-state index contributed by atoms with van der Waals surface area (Å²) in [6, 6.07) is 5.09. The Morgan fingerprint density at radius 3 is 2.27 bits per heavy atom. The summed E-state index contributed by atoms with van der Waals surface area (Å²) < 4.78 is 41.4. The molecule has 0 unspecified atom stereocenters. The van der Waals surface area contributed by atoms with Gasteiger partial charge >= 0.3 is 6.18 Å². The van der Waals surface area contributed by atoms with Crippen molar-refractivity contribution in [2.75, 3.05) is 0 Å². The molecule has 0 aliphatic rings. The monoisotopic (exact) mass is 374 g/mol. The van der Waals surface area contributed by atoms with Crippen molar-refractivity contribution in [3.8, 4) is 11.3 Å². The predicted molar refractivity (Wildman–Crippen MR) is 80.7 cm³/mol. The number of aromatic nitrogens is 2. The SMILES string of the molecule is CC(C)(C)n1nc(-c2ccccc2C(F)(F)F)c(C=O)c1Br. The van der Waals surface area contributed by atoms with E-state index in [-0.39, 0.29) is 16.8 Å². The Morgan fingerprint density at radius 2 is 1.77 bits per heavy atom. The van der Waals surface area contributed by atoms with E-state index < -0.39 is 17.3 Å². The second-order valence-electron chi connectivity index (χ2n) is 5.80. The Morgan fingerprint density at radius 1 is 1.18 bits per heavy atom. The molecule has 3 nitrogen and oxygen atoms in total. The van der Waals surface area contributed by atoms with E-state index in [1.54, 1.807) is 0 Å². The summed E-state index contributed by atoms with van der Waals surface area (Å²) in [7, 11) is 0. The van der Waals surface area contributed by atoms with Crippen LogP contribution in [0.5, 0.6) is 0 Å². The molecule has 2 aromatic rings. The molecule has 0 N–H and O–H groups in total. The number of alkyl halides is 3. The lowest BCUT2D eigenvalue weighted by molar-refractivity contribution is -0.137. The number of aldehydes is 1. The minimum absolute atomic E-state index is 0.0183. The Labute approximate surface area is 134 Å². The molecular formula is C15H14BrF3N2O. The first-order chi connectivity index (χ1) is 10.1. The third kappa shape index (κ3) is 2.95. The fraction of sp³-hybridized carbons (Fsp3) is 0.333. The lowest BCUT2D eigenvalue weighted by Gasteiger charge is -2.20. The number of nitrogens with zero attached hydrogens (tertiary/aromatic N) is 2. The van der Waals surface area contributed by atoms with E-state index in [1.165, 1.54) is 22.9 Å². The van der Waals surface area contributed by atoms with Crippen molar-refractivity contribution in [2.45, 2.75) is 32.5 Å². The number of benzene rings is 1. The van der Waals surface area contributed by atoms with Gasteiger partial charge < -0.3 is 0 Å². The quantitative estimate of drug-likeness (QED) is 0.700. The summed E-state index contributed by atoms with van der Waals surface area (Å²) in [5.74, 6) is 0. The highest BCUT2D eigenvalue weighted by Crippen LogP contribution is 2.39. The zero-order chi connectivity index (χ0) is 16.7. The molecule has 0 spiro atoms. The number of halogens is 4. The largest absolute Gasteiger partial charge is 0.417 e. The number of hydrogen-bond donors (Lipinski definition) is 0. The molecule has 0 bridgehead atoms. The zero-order valence-electron chi connectivity index (χ0n) is 12.2. The lowest BCUT2D eigenvalue weighted by atomic mass is 10.0. The maximum Gasteiger partial charge on any atom is 0.417 e. The van der Waals surface area contributed by atoms with Crippen LogP contribution in [-0.4, -0.2) is 16.1 Å². The van der Waals surface area contributed by atoms with Crippen molar-refractivity contribution in [3.05, 3.63) is 40.0 Å². The van der Waals surface area contributed by atoms with Crippen molar-refractivity contribution in [1.82, 2.24) is 9.78 Å². The molecule has 7 heteroatoms. The fourth-order valence-corrected chi connectivity index (χ4v) is 2.99. The van der Waals surface area contributed by atoms with Crippen molar-refractivity contribution in [1.29, 1.82) is 0 Å². The highest BCUT2D eigenvalue weighted by molar-refractivity contribution is 9.10. The first kappa shape index (κ1) is 16.7. The molecule has 0 atom stereocenters. The third-order valence-electron chi connectivity index (χ3n) is 3.10. The van der Waals surface area contributed by atoms with Gasteiger partial charge in [0, 0.05) is 5.56 Å². The molecule has 118 valence electrons. The Kier molecular flexibility index (Phi) is 4.21. The molecule has 2 rings (SSSR count). The minimum atomic E-state index is -4.52. The van der Waals surface area contributed by atoms with Crippen molar-refractivity contribution in [2.24, 2.45) is 0 Å². The van der Waals surface area contributed by atoms with Crippen LogP contribution in [0.4, 0.5) is 13.2 Å². The molecule has 1 aromatic carbocycles. The van der Waals surface area contributed by atoms with Gasteiger partial charge in [-0.15, -0.1) is 0 Å². The van der Waals surface area contributed by atoms with Crippen LogP contribution < -0.4 is 0 Å². The molecule has 0 radical (unpaired) electrons. The second kappa shape index (κ2) is 5.53. The molecule has 0 aliphatic heterocycles. The molecule has 1 heterocycles. The summed E-state index contributed by atoms with van der Waals surface area (Å²) in [5.41, 5.74) is -1.29. The van der Waals surface area contributed by atoms with E-state index in [0.717, 1.165) is 6.07 Å². The molecule has 0 saturated carbocycles. The topological polar surface area (TPSA) is 34.9 Å². The van der Waals surface area contributed by atoms with Crippen LogP contribution in [0.25, 0.3) is 11.3 Å². The summed E-state index contributed by atoms with van der Waals surface area (Å²) in [6.45, 7) is 5.54. The predicted octanol–water partition coefficient (Wildman–Crippen LogP) is 4.90. The van der Waals surface area contributed by atoms with Crippen LogP contribution >= 0.6 is 15.9 Å². The van der Waals surface area contributed by atoms with Crippen LogP contribution in [0.2, 0.25) is 0 Å². The van der Waals surface area contributed by atoms with Gasteiger partial charge in [0.2, 0.25) is 0 Å². The first-order valence-electron chi connectivity index (χ1n) is 6.48. The summed E-state index contributed by atoms with van der Waals surface area (Å²) >= 11 is 3.26. The van der Waals surface area contributed by atoms with Crippen molar-refractivity contribution >= 4 is 22.2 Å². The average molecular weight is 375 g/mol. The van der Waals surface area contributed by atoms with Gasteiger partial charge in [0.1, 0.15) is 10.3 Å². The molecule has 0 saturated heterocycles. The van der Waals surface area contributed by atoms with Crippen LogP contribution in [0, 0.1) is 0 Å². The van der Waals surface area contributed by atoms with Gasteiger partial charge in [-0.1, -0.05) is 18.2 Å². The molecule has 1 aromatic heterocycles. The number of hydrogen-bond acceptors (Lipinski definition) is 2. The van der Waals surface area contributed by atoms with Gasteiger partial charge in [-0.25, -0.2) is 0 Å². The van der Waals surface area contributed by atoms with Gasteiger partial charge in [-0.05, 0) is 42.8 Å². The third-order valence-corrected chi connectivity index (χ3v) is 3.87. The van der Waals surface area contributed by atoms with E-state index in [2.05, 4.69) is 21.0 Å². The van der Waals surface area contributed by atoms with Crippen LogP contribution in [-0.2, 0) is 11.7 Å². The van der Waals surface area contributed by atoms with Crippen LogP contribution in [0.15, 0.2) is 28.9 Å². The summed E-state index contributed by atoms with van der Waals surface area (Å²) in [4.78, 5) is 11.4. The number of carbonyl (C=O) groups excluding carboxylic acids is 1. The van der Waals surface area contributed by atoms with Crippen LogP contribution in [0.1, 0.15) is 36.7 Å². The van der Waals surface area contributed by atoms with Gasteiger partial charge in [0.05, 0.1) is 16.7 Å². The van der Waals surface area contributed by atoms with Gasteiger partial charge in [-0.2, -0.15) is 18.3 Å². The van der Waals surface area contributed by atoms with Gasteiger partial charge in [0.25, 0.3) is 0 Å². The van der Waals surface area contributed by atoms with E-state index >= 15 is 0 Å². The molecular weight excluding hydrogens is 361 g/mol. The van der Waals surface area contributed by atoms with Crippen LogP contribution in [0.3, 0.4) is 0 Å². The van der Waals surface area contributed by atoms with E-state index in [1.807, 2.05) is 20.8 Å². The molecule has 0 aliphatic carbocycles. The molecule has 0 fully saturated rings. The van der Waals surface area contributed by atoms with E-state index in [0.29, 0.717) is 10.9 Å². The Hall–Kier alpha value is -1.63. The highest BCUT2D eigenvalue weighted by atomic mass is 79.9. The smallest absolute Gasteiger partial charge is 0.298 e. The standard InChI is InChI=1S/C15H14BrF3N2O/c1-14(2,3)21-13(16)10(8-22)12(20-21)9-6-4-5-7-11(9)15(17,18)19/h4-8H,1-3H3. The van der Waals surface area contributed by atoms with Crippen molar-refractivity contribution < 1.29 is 18.0 Å². The molecule has 0 amide bonds. The first-order valence-corrected chi connectivity index (χ1v) is 7.27. The number of carbonyl (C=O) groups is 1. The summed E-state index contributed by atoms with van der Waals surface area (Å²) in [5, 5.41) is 4.23.